The fourth-order valence-electron chi connectivity index (χ4n) is 2.12. The van der Waals surface area contributed by atoms with Crippen LogP contribution in [0.15, 0.2) is 15.5 Å². The maximum Gasteiger partial charge on any atom is 0.282 e. The van der Waals surface area contributed by atoms with Crippen LogP contribution in [-0.2, 0) is 7.05 Å². The number of halogens is 1. The van der Waals surface area contributed by atoms with E-state index in [9.17, 15) is 9.90 Å². The summed E-state index contributed by atoms with van der Waals surface area (Å²) in [4.78, 5) is 11.6. The zero-order valence-corrected chi connectivity index (χ0v) is 11.3. The Hall–Kier alpha value is -0.880. The van der Waals surface area contributed by atoms with E-state index in [1.54, 1.807) is 13.2 Å². The van der Waals surface area contributed by atoms with Crippen LogP contribution in [0.2, 0.25) is 0 Å². The van der Waals surface area contributed by atoms with Crippen molar-refractivity contribution >= 4 is 21.6 Å². The van der Waals surface area contributed by atoms with Gasteiger partial charge in [-0.15, -0.1) is 0 Å². The Morgan fingerprint density at radius 1 is 1.65 bits per heavy atom. The zero-order chi connectivity index (χ0) is 12.4. The molecule has 2 atom stereocenters. The maximum absolute atomic E-state index is 11.6. The molecule has 0 aromatic carbocycles. The van der Waals surface area contributed by atoms with E-state index in [1.807, 2.05) is 0 Å². The van der Waals surface area contributed by atoms with Crippen molar-refractivity contribution in [1.29, 1.82) is 0 Å². The quantitative estimate of drug-likeness (QED) is 0.878. The summed E-state index contributed by atoms with van der Waals surface area (Å²) in [6, 6.07) is 0. The summed E-state index contributed by atoms with van der Waals surface area (Å²) >= 11 is 3.27. The minimum atomic E-state index is -0.160. The van der Waals surface area contributed by atoms with Crippen LogP contribution in [0.5, 0.6) is 0 Å². The first-order valence-corrected chi connectivity index (χ1v) is 6.51. The minimum absolute atomic E-state index is 0.151. The molecule has 94 valence electrons. The van der Waals surface area contributed by atoms with Crippen molar-refractivity contribution in [1.82, 2.24) is 9.78 Å². The Morgan fingerprint density at radius 3 is 3.06 bits per heavy atom. The molecule has 0 saturated heterocycles. The average Bonchev–Trinajstić information content (AvgIpc) is 2.71. The summed E-state index contributed by atoms with van der Waals surface area (Å²) in [5.74, 6) is 0.473. The Balaban J connectivity index is 2.00. The number of aromatic nitrogens is 2. The van der Waals surface area contributed by atoms with E-state index >= 15 is 0 Å². The van der Waals surface area contributed by atoms with Crippen molar-refractivity contribution in [3.8, 4) is 0 Å². The molecule has 1 fully saturated rings. The van der Waals surface area contributed by atoms with Gasteiger partial charge in [-0.25, -0.2) is 4.68 Å². The number of rotatable bonds is 3. The normalized spacial score (nSPS) is 23.9. The predicted octanol–water partition coefficient (Wildman–Crippen LogP) is 1.12. The van der Waals surface area contributed by atoms with E-state index in [2.05, 4.69) is 26.3 Å². The minimum Gasteiger partial charge on any atom is -0.393 e. The molecule has 2 unspecified atom stereocenters. The largest absolute Gasteiger partial charge is 0.393 e. The maximum atomic E-state index is 11.6. The van der Waals surface area contributed by atoms with E-state index in [4.69, 9.17) is 0 Å². The van der Waals surface area contributed by atoms with Crippen LogP contribution in [0.3, 0.4) is 0 Å². The van der Waals surface area contributed by atoms with E-state index in [1.165, 1.54) is 4.68 Å². The van der Waals surface area contributed by atoms with E-state index in [0.717, 1.165) is 31.5 Å². The van der Waals surface area contributed by atoms with Crippen molar-refractivity contribution < 1.29 is 5.11 Å². The third kappa shape index (κ3) is 2.87. The lowest BCUT2D eigenvalue weighted by atomic mass is 10.1. The Kier molecular flexibility index (Phi) is 3.83. The highest BCUT2D eigenvalue weighted by Gasteiger charge is 2.22. The molecule has 0 amide bonds. The summed E-state index contributed by atoms with van der Waals surface area (Å²) in [5.41, 5.74) is 0.566. The summed E-state index contributed by atoms with van der Waals surface area (Å²) < 4.78 is 1.79. The Labute approximate surface area is 108 Å². The van der Waals surface area contributed by atoms with Gasteiger partial charge in [0.05, 0.1) is 18.0 Å². The van der Waals surface area contributed by atoms with Crippen LogP contribution in [0.1, 0.15) is 19.3 Å². The first-order chi connectivity index (χ1) is 8.08. The van der Waals surface area contributed by atoms with E-state index in [0.29, 0.717) is 10.4 Å². The molecule has 1 aromatic rings. The first-order valence-electron chi connectivity index (χ1n) is 5.71. The molecule has 1 aliphatic carbocycles. The van der Waals surface area contributed by atoms with Crippen LogP contribution >= 0.6 is 15.9 Å². The standard InChI is InChI=1S/C11H16BrN3O2/c1-15-11(17)10(12)9(6-14-15)13-5-7-2-3-8(16)4-7/h6-8,13,16H,2-5H2,1H3. The van der Waals surface area contributed by atoms with Gasteiger partial charge in [-0.3, -0.25) is 4.79 Å². The molecule has 0 aliphatic heterocycles. The molecule has 0 spiro atoms. The molecule has 1 heterocycles. The molecule has 0 radical (unpaired) electrons. The van der Waals surface area contributed by atoms with Gasteiger partial charge in [0, 0.05) is 13.6 Å². The molecule has 2 N–H and O–H groups in total. The van der Waals surface area contributed by atoms with Gasteiger partial charge in [0.15, 0.2) is 0 Å². The molecule has 2 rings (SSSR count). The van der Waals surface area contributed by atoms with Crippen molar-refractivity contribution in [3.05, 3.63) is 21.0 Å². The highest BCUT2D eigenvalue weighted by atomic mass is 79.9. The van der Waals surface area contributed by atoms with Crippen LogP contribution in [0.25, 0.3) is 0 Å². The van der Waals surface area contributed by atoms with Crippen LogP contribution in [-0.4, -0.2) is 27.5 Å². The second-order valence-electron chi connectivity index (χ2n) is 4.51. The van der Waals surface area contributed by atoms with E-state index in [-0.39, 0.29) is 11.7 Å². The van der Waals surface area contributed by atoms with Crippen molar-refractivity contribution in [3.63, 3.8) is 0 Å². The summed E-state index contributed by atoms with van der Waals surface area (Å²) in [5, 5.41) is 16.6. The highest BCUT2D eigenvalue weighted by Crippen LogP contribution is 2.26. The summed E-state index contributed by atoms with van der Waals surface area (Å²) in [6.45, 7) is 0.768. The number of hydrogen-bond acceptors (Lipinski definition) is 4. The number of aryl methyl sites for hydroxylation is 1. The zero-order valence-electron chi connectivity index (χ0n) is 9.69. The number of aliphatic hydroxyl groups is 1. The number of anilines is 1. The molecule has 5 nitrogen and oxygen atoms in total. The number of nitrogens with one attached hydrogen (secondary N) is 1. The second-order valence-corrected chi connectivity index (χ2v) is 5.31. The Morgan fingerprint density at radius 2 is 2.41 bits per heavy atom. The molecular formula is C11H16BrN3O2. The predicted molar refractivity (Wildman–Crippen MR) is 69.0 cm³/mol. The van der Waals surface area contributed by atoms with Crippen LogP contribution in [0, 0.1) is 5.92 Å². The third-order valence-corrected chi connectivity index (χ3v) is 3.94. The molecular weight excluding hydrogens is 286 g/mol. The molecule has 1 aromatic heterocycles. The van der Waals surface area contributed by atoms with Gasteiger partial charge in [-0.1, -0.05) is 0 Å². The molecule has 1 aliphatic rings. The van der Waals surface area contributed by atoms with Gasteiger partial charge >= 0.3 is 0 Å². The topological polar surface area (TPSA) is 67.2 Å². The molecule has 17 heavy (non-hydrogen) atoms. The lowest BCUT2D eigenvalue weighted by molar-refractivity contribution is 0.178. The van der Waals surface area contributed by atoms with Gasteiger partial charge in [-0.2, -0.15) is 5.10 Å². The van der Waals surface area contributed by atoms with Crippen molar-refractivity contribution in [2.45, 2.75) is 25.4 Å². The first kappa shape index (κ1) is 12.6. The number of hydrogen-bond donors (Lipinski definition) is 2. The average molecular weight is 302 g/mol. The van der Waals surface area contributed by atoms with Gasteiger partial charge < -0.3 is 10.4 Å². The van der Waals surface area contributed by atoms with Gasteiger partial charge in [-0.05, 0) is 41.1 Å². The SMILES string of the molecule is Cn1ncc(NCC2CCC(O)C2)c(Br)c1=O. The fraction of sp³-hybridized carbons (Fsp3) is 0.636. The summed E-state index contributed by atoms with van der Waals surface area (Å²) in [6.07, 6.45) is 4.22. The fourth-order valence-corrected chi connectivity index (χ4v) is 2.62. The van der Waals surface area contributed by atoms with Crippen LogP contribution < -0.4 is 10.9 Å². The highest BCUT2D eigenvalue weighted by molar-refractivity contribution is 9.10. The lowest BCUT2D eigenvalue weighted by Crippen LogP contribution is -2.22. The lowest BCUT2D eigenvalue weighted by Gasteiger charge is -2.13. The van der Waals surface area contributed by atoms with Crippen LogP contribution in [0.4, 0.5) is 5.69 Å². The van der Waals surface area contributed by atoms with Crippen molar-refractivity contribution in [2.75, 3.05) is 11.9 Å². The van der Waals surface area contributed by atoms with Gasteiger partial charge in [0.25, 0.3) is 5.56 Å². The number of nitrogens with zero attached hydrogens (tertiary/aromatic N) is 2. The van der Waals surface area contributed by atoms with Crippen molar-refractivity contribution in [2.24, 2.45) is 13.0 Å². The van der Waals surface area contributed by atoms with E-state index < -0.39 is 0 Å². The second kappa shape index (κ2) is 5.18. The molecule has 0 bridgehead atoms. The van der Waals surface area contributed by atoms with Gasteiger partial charge in [0.2, 0.25) is 0 Å². The summed E-state index contributed by atoms with van der Waals surface area (Å²) in [7, 11) is 1.62. The monoisotopic (exact) mass is 301 g/mol. The third-order valence-electron chi connectivity index (χ3n) is 3.17. The Bertz CT molecular complexity index is 461. The smallest absolute Gasteiger partial charge is 0.282 e. The van der Waals surface area contributed by atoms with Gasteiger partial charge in [0.1, 0.15) is 4.47 Å². The number of aliphatic hydroxyl groups excluding tert-OH is 1. The molecule has 6 heteroatoms. The molecule has 1 saturated carbocycles.